The van der Waals surface area contributed by atoms with Crippen LogP contribution in [-0.4, -0.2) is 20.2 Å². The van der Waals surface area contributed by atoms with E-state index in [4.69, 9.17) is 5.73 Å². The molecule has 0 bridgehead atoms. The summed E-state index contributed by atoms with van der Waals surface area (Å²) in [6, 6.07) is 5.83. The molecule has 5 heteroatoms. The average molecular weight is 211 g/mol. The second-order valence-electron chi connectivity index (χ2n) is 3.46. The first-order valence-corrected chi connectivity index (χ1v) is 4.84. The summed E-state index contributed by atoms with van der Waals surface area (Å²) in [6.07, 6.45) is 5.05. The highest BCUT2D eigenvalue weighted by atomic mass is 15.1. The van der Waals surface area contributed by atoms with E-state index in [9.17, 15) is 0 Å². The molecule has 16 heavy (non-hydrogen) atoms. The highest BCUT2D eigenvalue weighted by Crippen LogP contribution is 2.25. The second-order valence-corrected chi connectivity index (χ2v) is 3.46. The number of anilines is 1. The molecule has 0 saturated carbocycles. The van der Waals surface area contributed by atoms with E-state index in [1.165, 1.54) is 0 Å². The maximum absolute atomic E-state index is 5.76. The quantitative estimate of drug-likeness (QED) is 0.640. The van der Waals surface area contributed by atoms with Gasteiger partial charge in [0.15, 0.2) is 0 Å². The third kappa shape index (κ3) is 1.30. The van der Waals surface area contributed by atoms with E-state index in [0.29, 0.717) is 5.82 Å². The minimum atomic E-state index is 0.559. The molecule has 5 nitrogen and oxygen atoms in total. The predicted molar refractivity (Wildman–Crippen MR) is 61.5 cm³/mol. The Hall–Kier alpha value is -2.43. The standard InChI is InChI=1S/C11H9N5/c12-11-8(6-15-16-11)7-1-2-9-10(5-7)14-4-3-13-9/h1-6H,(H3,12,15,16). The summed E-state index contributed by atoms with van der Waals surface area (Å²) in [5.74, 6) is 0.559. The number of nitrogens with zero attached hydrogens (tertiary/aromatic N) is 3. The maximum Gasteiger partial charge on any atom is 0.126 e. The lowest BCUT2D eigenvalue weighted by Crippen LogP contribution is -1.88. The zero-order valence-electron chi connectivity index (χ0n) is 8.38. The van der Waals surface area contributed by atoms with Crippen LogP contribution < -0.4 is 5.73 Å². The summed E-state index contributed by atoms with van der Waals surface area (Å²) < 4.78 is 0. The molecule has 0 aliphatic carbocycles. The van der Waals surface area contributed by atoms with Gasteiger partial charge in [-0.15, -0.1) is 0 Å². The van der Waals surface area contributed by atoms with Gasteiger partial charge in [-0.2, -0.15) is 5.10 Å². The summed E-state index contributed by atoms with van der Waals surface area (Å²) >= 11 is 0. The van der Waals surface area contributed by atoms with Crippen LogP contribution in [0.25, 0.3) is 22.2 Å². The molecule has 3 rings (SSSR count). The number of benzene rings is 1. The number of nitrogens with two attached hydrogens (primary N) is 1. The van der Waals surface area contributed by atoms with Gasteiger partial charge in [0.1, 0.15) is 5.82 Å². The minimum Gasteiger partial charge on any atom is -0.384 e. The maximum atomic E-state index is 5.76. The summed E-state index contributed by atoms with van der Waals surface area (Å²) in [5, 5.41) is 6.60. The van der Waals surface area contributed by atoms with Gasteiger partial charge < -0.3 is 5.73 Å². The Labute approximate surface area is 91.3 Å². The lowest BCUT2D eigenvalue weighted by Gasteiger charge is -2.00. The third-order valence-corrected chi connectivity index (χ3v) is 2.45. The number of nitrogens with one attached hydrogen (secondary N) is 1. The fourth-order valence-corrected chi connectivity index (χ4v) is 1.66. The molecule has 0 radical (unpaired) electrons. The van der Waals surface area contributed by atoms with Gasteiger partial charge in [-0.05, 0) is 17.7 Å². The highest BCUT2D eigenvalue weighted by molar-refractivity contribution is 5.83. The molecule has 78 valence electrons. The molecule has 2 aromatic heterocycles. The SMILES string of the molecule is Nc1[nH]ncc1-c1ccc2nccnc2c1. The van der Waals surface area contributed by atoms with Crippen molar-refractivity contribution in [1.82, 2.24) is 20.2 Å². The van der Waals surface area contributed by atoms with Gasteiger partial charge in [-0.1, -0.05) is 6.07 Å². The first-order chi connectivity index (χ1) is 7.84. The first-order valence-electron chi connectivity index (χ1n) is 4.84. The van der Waals surface area contributed by atoms with Gasteiger partial charge in [-0.25, -0.2) is 0 Å². The van der Waals surface area contributed by atoms with Gasteiger partial charge >= 0.3 is 0 Å². The van der Waals surface area contributed by atoms with Gasteiger partial charge in [0, 0.05) is 18.0 Å². The lowest BCUT2D eigenvalue weighted by molar-refractivity contribution is 1.10. The predicted octanol–water partition coefficient (Wildman–Crippen LogP) is 1.60. The van der Waals surface area contributed by atoms with E-state index in [2.05, 4.69) is 20.2 Å². The molecule has 3 N–H and O–H groups in total. The molecular formula is C11H9N5. The molecule has 0 aliphatic rings. The Kier molecular flexibility index (Phi) is 1.83. The number of aromatic nitrogens is 4. The molecule has 0 spiro atoms. The summed E-state index contributed by atoms with van der Waals surface area (Å²) in [4.78, 5) is 8.46. The second kappa shape index (κ2) is 3.30. The Morgan fingerprint density at radius 3 is 2.62 bits per heavy atom. The van der Waals surface area contributed by atoms with Crippen LogP contribution in [0.1, 0.15) is 0 Å². The van der Waals surface area contributed by atoms with E-state index in [1.807, 2.05) is 18.2 Å². The largest absolute Gasteiger partial charge is 0.384 e. The fourth-order valence-electron chi connectivity index (χ4n) is 1.66. The molecule has 0 unspecified atom stereocenters. The number of nitrogen functional groups attached to an aromatic ring is 1. The molecule has 0 saturated heterocycles. The zero-order valence-corrected chi connectivity index (χ0v) is 8.38. The van der Waals surface area contributed by atoms with Crippen LogP contribution in [0, 0.1) is 0 Å². The normalized spacial score (nSPS) is 10.8. The van der Waals surface area contributed by atoms with Crippen LogP contribution in [0.4, 0.5) is 5.82 Å². The van der Waals surface area contributed by atoms with Crippen molar-refractivity contribution in [1.29, 1.82) is 0 Å². The molecule has 1 aromatic carbocycles. The van der Waals surface area contributed by atoms with Crippen LogP contribution in [0.3, 0.4) is 0 Å². The van der Waals surface area contributed by atoms with Crippen molar-refractivity contribution in [3.05, 3.63) is 36.8 Å². The first kappa shape index (κ1) is 8.84. The topological polar surface area (TPSA) is 80.5 Å². The van der Waals surface area contributed by atoms with E-state index >= 15 is 0 Å². The molecule has 3 aromatic rings. The lowest BCUT2D eigenvalue weighted by atomic mass is 10.1. The van der Waals surface area contributed by atoms with Gasteiger partial charge in [0.25, 0.3) is 0 Å². The fraction of sp³-hybridized carbons (Fsp3) is 0. The van der Waals surface area contributed by atoms with Gasteiger partial charge in [0.2, 0.25) is 0 Å². The van der Waals surface area contributed by atoms with Crippen LogP contribution in [-0.2, 0) is 0 Å². The number of H-pyrrole nitrogens is 1. The average Bonchev–Trinajstić information content (AvgIpc) is 2.75. The highest BCUT2D eigenvalue weighted by Gasteiger charge is 2.05. The van der Waals surface area contributed by atoms with Gasteiger partial charge in [-0.3, -0.25) is 15.1 Å². The Morgan fingerprint density at radius 1 is 1.06 bits per heavy atom. The summed E-state index contributed by atoms with van der Waals surface area (Å²) in [5.41, 5.74) is 9.35. The zero-order chi connectivity index (χ0) is 11.0. The van der Waals surface area contributed by atoms with E-state index in [0.717, 1.165) is 22.2 Å². The Balaban J connectivity index is 2.23. The molecule has 0 amide bonds. The minimum absolute atomic E-state index is 0.559. The molecular weight excluding hydrogens is 202 g/mol. The Bertz CT molecular complexity index is 643. The summed E-state index contributed by atoms with van der Waals surface area (Å²) in [7, 11) is 0. The smallest absolute Gasteiger partial charge is 0.126 e. The Morgan fingerprint density at radius 2 is 1.88 bits per heavy atom. The van der Waals surface area contributed by atoms with E-state index in [1.54, 1.807) is 18.6 Å². The van der Waals surface area contributed by atoms with E-state index in [-0.39, 0.29) is 0 Å². The van der Waals surface area contributed by atoms with Crippen molar-refractivity contribution in [3.63, 3.8) is 0 Å². The monoisotopic (exact) mass is 211 g/mol. The number of fused-ring (bicyclic) bond motifs is 1. The molecule has 0 atom stereocenters. The van der Waals surface area contributed by atoms with Crippen molar-refractivity contribution in [2.75, 3.05) is 5.73 Å². The van der Waals surface area contributed by atoms with E-state index < -0.39 is 0 Å². The van der Waals surface area contributed by atoms with Gasteiger partial charge in [0.05, 0.1) is 17.2 Å². The van der Waals surface area contributed by atoms with Crippen LogP contribution >= 0.6 is 0 Å². The van der Waals surface area contributed by atoms with Crippen LogP contribution in [0.5, 0.6) is 0 Å². The van der Waals surface area contributed by atoms with Crippen molar-refractivity contribution >= 4 is 16.9 Å². The number of hydrogen-bond donors (Lipinski definition) is 2. The summed E-state index contributed by atoms with van der Waals surface area (Å²) in [6.45, 7) is 0. The molecule has 0 aliphatic heterocycles. The van der Waals surface area contributed by atoms with Crippen molar-refractivity contribution < 1.29 is 0 Å². The van der Waals surface area contributed by atoms with Crippen molar-refractivity contribution in [2.45, 2.75) is 0 Å². The third-order valence-electron chi connectivity index (χ3n) is 2.45. The number of hydrogen-bond acceptors (Lipinski definition) is 4. The van der Waals surface area contributed by atoms with Crippen molar-refractivity contribution in [2.24, 2.45) is 0 Å². The van der Waals surface area contributed by atoms with Crippen molar-refractivity contribution in [3.8, 4) is 11.1 Å². The number of rotatable bonds is 1. The van der Waals surface area contributed by atoms with Crippen LogP contribution in [0.2, 0.25) is 0 Å². The number of aromatic amines is 1. The molecule has 2 heterocycles. The van der Waals surface area contributed by atoms with Crippen LogP contribution in [0.15, 0.2) is 36.8 Å². The molecule has 0 fully saturated rings.